The molecule has 418 valence electrons. The molecule has 0 radical (unpaired) electrons. The highest BCUT2D eigenvalue weighted by atomic mass is 16.6. The minimum atomic E-state index is -0.813. The Morgan fingerprint density at radius 1 is 0.274 bits per heavy atom. The Hall–Kier alpha value is -3.67. The number of carbonyl (C=O) groups is 3. The van der Waals surface area contributed by atoms with Gasteiger partial charge >= 0.3 is 17.9 Å². The van der Waals surface area contributed by atoms with Crippen molar-refractivity contribution < 1.29 is 28.6 Å². The lowest BCUT2D eigenvalue weighted by Gasteiger charge is -2.18. The van der Waals surface area contributed by atoms with Gasteiger partial charge in [-0.3, -0.25) is 14.4 Å². The SMILES string of the molecule is CCCCC/C=C\C/C=C\C/C=C\C/C=C\CCCCCC(=O)OC[C@H](COC(=O)CCCCCCCCCCCCC/C=C\CCCCCCCC)OC(=O)CCCC/C=C\C/C=C\C/C=C\CCCCC. The van der Waals surface area contributed by atoms with Crippen molar-refractivity contribution in [3.8, 4) is 0 Å². The summed E-state index contributed by atoms with van der Waals surface area (Å²) >= 11 is 0. The molecule has 6 nitrogen and oxygen atoms in total. The number of ether oxygens (including phenoxy) is 3. The van der Waals surface area contributed by atoms with E-state index in [2.05, 4.69) is 118 Å². The van der Waals surface area contributed by atoms with Crippen LogP contribution < -0.4 is 0 Å². The summed E-state index contributed by atoms with van der Waals surface area (Å²) in [6.45, 7) is 6.54. The van der Waals surface area contributed by atoms with Crippen molar-refractivity contribution in [1.82, 2.24) is 0 Å². The van der Waals surface area contributed by atoms with E-state index in [1.165, 1.54) is 154 Å². The van der Waals surface area contributed by atoms with E-state index < -0.39 is 6.10 Å². The van der Waals surface area contributed by atoms with Gasteiger partial charge in [0, 0.05) is 19.3 Å². The van der Waals surface area contributed by atoms with Crippen LogP contribution in [0.5, 0.6) is 0 Å². The number of allylic oxidation sites excluding steroid dienone is 16. The Bertz CT molecular complexity index is 1440. The molecule has 0 aromatic carbocycles. The number of unbranched alkanes of at least 4 members (excludes halogenated alkanes) is 28. The number of hydrogen-bond donors (Lipinski definition) is 0. The number of hydrogen-bond acceptors (Lipinski definition) is 6. The zero-order valence-electron chi connectivity index (χ0n) is 47.9. The Kier molecular flexibility index (Phi) is 57.8. The molecule has 0 fully saturated rings. The highest BCUT2D eigenvalue weighted by Crippen LogP contribution is 2.15. The first-order chi connectivity index (χ1) is 36.0. The molecule has 0 spiro atoms. The van der Waals surface area contributed by atoms with E-state index in [0.29, 0.717) is 19.3 Å². The lowest BCUT2D eigenvalue weighted by molar-refractivity contribution is -0.167. The third kappa shape index (κ3) is 59.1. The molecule has 0 rings (SSSR count). The maximum absolute atomic E-state index is 12.9. The highest BCUT2D eigenvalue weighted by Gasteiger charge is 2.19. The fourth-order valence-corrected chi connectivity index (χ4v) is 8.37. The van der Waals surface area contributed by atoms with Crippen LogP contribution in [0.25, 0.3) is 0 Å². The predicted octanol–water partition coefficient (Wildman–Crippen LogP) is 20.9. The first-order valence-electron chi connectivity index (χ1n) is 30.7. The number of esters is 3. The molecule has 0 bridgehead atoms. The predicted molar refractivity (Wildman–Crippen MR) is 316 cm³/mol. The average Bonchev–Trinajstić information content (AvgIpc) is 3.39. The molecule has 73 heavy (non-hydrogen) atoms. The molecule has 1 atom stereocenters. The van der Waals surface area contributed by atoms with Crippen molar-refractivity contribution in [3.63, 3.8) is 0 Å². The maximum atomic E-state index is 12.9. The van der Waals surface area contributed by atoms with Gasteiger partial charge < -0.3 is 14.2 Å². The maximum Gasteiger partial charge on any atom is 0.306 e. The molecule has 0 aromatic rings. The fourth-order valence-electron chi connectivity index (χ4n) is 8.37. The summed E-state index contributed by atoms with van der Waals surface area (Å²) in [5.41, 5.74) is 0. The van der Waals surface area contributed by atoms with E-state index in [1.807, 2.05) is 0 Å². The number of carbonyl (C=O) groups excluding carboxylic acids is 3. The van der Waals surface area contributed by atoms with Crippen LogP contribution in [-0.4, -0.2) is 37.2 Å². The molecule has 0 aliphatic heterocycles. The van der Waals surface area contributed by atoms with E-state index in [-0.39, 0.29) is 37.5 Å². The zero-order chi connectivity index (χ0) is 52.9. The smallest absolute Gasteiger partial charge is 0.306 e. The van der Waals surface area contributed by atoms with Gasteiger partial charge in [0.2, 0.25) is 0 Å². The van der Waals surface area contributed by atoms with Crippen LogP contribution in [0.4, 0.5) is 0 Å². The molecule has 0 aliphatic rings. The Balaban J connectivity index is 4.45. The molecule has 6 heteroatoms. The molecule has 0 unspecified atom stereocenters. The first kappa shape index (κ1) is 69.3. The summed E-state index contributed by atoms with van der Waals surface area (Å²) in [7, 11) is 0. The Morgan fingerprint density at radius 3 is 0.849 bits per heavy atom. The Labute approximate surface area is 451 Å². The number of rotatable bonds is 55. The van der Waals surface area contributed by atoms with E-state index >= 15 is 0 Å². The van der Waals surface area contributed by atoms with Crippen LogP contribution in [0, 0.1) is 0 Å². The molecular weight excluding hydrogens is 901 g/mol. The second-order valence-corrected chi connectivity index (χ2v) is 20.2. The normalized spacial score (nSPS) is 12.8. The average molecular weight is 1020 g/mol. The van der Waals surface area contributed by atoms with Crippen molar-refractivity contribution in [2.24, 2.45) is 0 Å². The third-order valence-corrected chi connectivity index (χ3v) is 13.0. The second-order valence-electron chi connectivity index (χ2n) is 20.2. The van der Waals surface area contributed by atoms with Gasteiger partial charge in [-0.15, -0.1) is 0 Å². The van der Waals surface area contributed by atoms with Crippen molar-refractivity contribution in [1.29, 1.82) is 0 Å². The quantitative estimate of drug-likeness (QED) is 0.0261. The molecule has 0 saturated carbocycles. The molecule has 0 amide bonds. The van der Waals surface area contributed by atoms with Crippen LogP contribution in [0.1, 0.15) is 290 Å². The van der Waals surface area contributed by atoms with Gasteiger partial charge in [0.1, 0.15) is 13.2 Å². The first-order valence-corrected chi connectivity index (χ1v) is 30.7. The van der Waals surface area contributed by atoms with Crippen LogP contribution in [0.2, 0.25) is 0 Å². The molecule has 0 heterocycles. The fraction of sp³-hybridized carbons (Fsp3) is 0.716. The Morgan fingerprint density at radius 2 is 0.493 bits per heavy atom. The standard InChI is InChI=1S/C67H114O6/c1-4-7-10-13-16-19-22-25-28-30-32-33-35-37-40-42-45-48-51-54-57-60-66(69)72-63-64(73-67(70)61-58-55-52-49-46-43-38-27-24-21-18-15-12-9-6-3)62-71-65(68)59-56-53-50-47-44-41-39-36-34-31-29-26-23-20-17-14-11-8-5-2/h17-18,20-21,25-29,34,36,38,41,44,46,49,64H,4-16,19,22-24,30-33,35,37,39-40,42-43,45,47-48,50-63H2,1-3H3/b20-17-,21-18-,28-25-,29-26-,36-34-,38-27-,44-41-,49-46-/t64-/m1/s1. The van der Waals surface area contributed by atoms with Crippen LogP contribution >= 0.6 is 0 Å². The molecule has 0 saturated heterocycles. The van der Waals surface area contributed by atoms with Gasteiger partial charge in [-0.2, -0.15) is 0 Å². The van der Waals surface area contributed by atoms with Gasteiger partial charge in [0.05, 0.1) is 0 Å². The van der Waals surface area contributed by atoms with Crippen molar-refractivity contribution in [2.45, 2.75) is 297 Å². The van der Waals surface area contributed by atoms with E-state index in [9.17, 15) is 14.4 Å². The van der Waals surface area contributed by atoms with E-state index in [1.54, 1.807) is 0 Å². The molecule has 0 aromatic heterocycles. The van der Waals surface area contributed by atoms with Crippen LogP contribution in [0.15, 0.2) is 97.2 Å². The van der Waals surface area contributed by atoms with Crippen LogP contribution in [-0.2, 0) is 28.6 Å². The van der Waals surface area contributed by atoms with Crippen LogP contribution in [0.3, 0.4) is 0 Å². The summed E-state index contributed by atoms with van der Waals surface area (Å²) in [6, 6.07) is 0. The molecular formula is C67H114O6. The minimum Gasteiger partial charge on any atom is -0.462 e. The largest absolute Gasteiger partial charge is 0.462 e. The van der Waals surface area contributed by atoms with Crippen molar-refractivity contribution >= 4 is 17.9 Å². The summed E-state index contributed by atoms with van der Waals surface area (Å²) in [5, 5.41) is 0. The topological polar surface area (TPSA) is 78.9 Å². The van der Waals surface area contributed by atoms with Gasteiger partial charge in [0.25, 0.3) is 0 Å². The molecule has 0 aliphatic carbocycles. The van der Waals surface area contributed by atoms with Crippen molar-refractivity contribution in [2.75, 3.05) is 13.2 Å². The minimum absolute atomic E-state index is 0.103. The summed E-state index contributed by atoms with van der Waals surface area (Å²) < 4.78 is 16.8. The van der Waals surface area contributed by atoms with Gasteiger partial charge in [-0.05, 0) is 128 Å². The summed E-state index contributed by atoms with van der Waals surface area (Å²) in [4.78, 5) is 38.2. The van der Waals surface area contributed by atoms with E-state index in [4.69, 9.17) is 14.2 Å². The lowest BCUT2D eigenvalue weighted by atomic mass is 10.0. The second kappa shape index (κ2) is 60.9. The molecule has 0 N–H and O–H groups in total. The third-order valence-electron chi connectivity index (χ3n) is 13.0. The lowest BCUT2D eigenvalue weighted by Crippen LogP contribution is -2.30. The summed E-state index contributed by atoms with van der Waals surface area (Å²) in [6.07, 6.45) is 81.2. The monoisotopic (exact) mass is 1010 g/mol. The van der Waals surface area contributed by atoms with E-state index in [0.717, 1.165) is 89.9 Å². The van der Waals surface area contributed by atoms with Gasteiger partial charge in [-0.25, -0.2) is 0 Å². The van der Waals surface area contributed by atoms with Gasteiger partial charge in [-0.1, -0.05) is 240 Å². The van der Waals surface area contributed by atoms with Crippen molar-refractivity contribution in [3.05, 3.63) is 97.2 Å². The summed E-state index contributed by atoms with van der Waals surface area (Å²) in [5.74, 6) is -0.969. The highest BCUT2D eigenvalue weighted by molar-refractivity contribution is 5.71. The zero-order valence-corrected chi connectivity index (χ0v) is 47.9. The van der Waals surface area contributed by atoms with Gasteiger partial charge in [0.15, 0.2) is 6.10 Å².